The van der Waals surface area contributed by atoms with Gasteiger partial charge in [0.1, 0.15) is 0 Å². The number of carbonyl (C=O) groups excluding carboxylic acids is 1. The Morgan fingerprint density at radius 1 is 1.11 bits per heavy atom. The SMILES string of the molecule is O=C(C1CCCCC1)N1CCC(c2nc(CCOCC3CCOCC3)no2)C1. The van der Waals surface area contributed by atoms with Gasteiger partial charge < -0.3 is 18.9 Å². The largest absolute Gasteiger partial charge is 0.381 e. The molecule has 7 heteroatoms. The van der Waals surface area contributed by atoms with Crippen molar-refractivity contribution in [3.05, 3.63) is 11.7 Å². The van der Waals surface area contributed by atoms with Gasteiger partial charge in [0, 0.05) is 45.2 Å². The number of carbonyl (C=O) groups is 1. The molecule has 28 heavy (non-hydrogen) atoms. The number of aromatic nitrogens is 2. The monoisotopic (exact) mass is 391 g/mol. The molecule has 0 bridgehead atoms. The Bertz CT molecular complexity index is 623. The third kappa shape index (κ3) is 5.11. The topological polar surface area (TPSA) is 77.7 Å². The second kappa shape index (κ2) is 9.83. The van der Waals surface area contributed by atoms with Crippen LogP contribution in [0, 0.1) is 11.8 Å². The number of hydrogen-bond donors (Lipinski definition) is 0. The Morgan fingerprint density at radius 2 is 1.93 bits per heavy atom. The molecule has 1 aromatic rings. The smallest absolute Gasteiger partial charge is 0.231 e. The third-order valence-corrected chi connectivity index (χ3v) is 6.45. The summed E-state index contributed by atoms with van der Waals surface area (Å²) in [5, 5.41) is 4.12. The van der Waals surface area contributed by atoms with E-state index in [-0.39, 0.29) is 11.8 Å². The lowest BCUT2D eigenvalue weighted by molar-refractivity contribution is -0.135. The molecule has 1 saturated carbocycles. The zero-order valence-electron chi connectivity index (χ0n) is 16.8. The summed E-state index contributed by atoms with van der Waals surface area (Å²) in [7, 11) is 0. The molecule has 1 unspecified atom stereocenters. The van der Waals surface area contributed by atoms with Gasteiger partial charge in [-0.1, -0.05) is 24.4 Å². The normalized spacial score (nSPS) is 24.7. The van der Waals surface area contributed by atoms with Gasteiger partial charge in [-0.3, -0.25) is 4.79 Å². The molecule has 3 aliphatic rings. The van der Waals surface area contributed by atoms with Crippen molar-refractivity contribution in [2.24, 2.45) is 11.8 Å². The Morgan fingerprint density at radius 3 is 2.75 bits per heavy atom. The van der Waals surface area contributed by atoms with E-state index in [1.165, 1.54) is 19.3 Å². The first-order chi connectivity index (χ1) is 13.8. The van der Waals surface area contributed by atoms with Crippen LogP contribution in [0.15, 0.2) is 4.52 Å². The van der Waals surface area contributed by atoms with E-state index in [1.54, 1.807) is 0 Å². The summed E-state index contributed by atoms with van der Waals surface area (Å²) >= 11 is 0. The lowest BCUT2D eigenvalue weighted by Gasteiger charge is -2.26. The molecule has 0 spiro atoms. The first-order valence-electron chi connectivity index (χ1n) is 11.1. The molecular formula is C21H33N3O4. The number of rotatable bonds is 7. The molecule has 2 saturated heterocycles. The van der Waals surface area contributed by atoms with Crippen LogP contribution >= 0.6 is 0 Å². The van der Waals surface area contributed by atoms with Gasteiger partial charge in [0.25, 0.3) is 0 Å². The van der Waals surface area contributed by atoms with Crippen LogP contribution in [-0.4, -0.2) is 60.5 Å². The van der Waals surface area contributed by atoms with Gasteiger partial charge in [-0.15, -0.1) is 0 Å². The van der Waals surface area contributed by atoms with Crippen molar-refractivity contribution in [3.63, 3.8) is 0 Å². The van der Waals surface area contributed by atoms with Gasteiger partial charge in [-0.2, -0.15) is 4.98 Å². The van der Waals surface area contributed by atoms with Crippen molar-refractivity contribution in [2.75, 3.05) is 39.5 Å². The quantitative estimate of drug-likeness (QED) is 0.665. The fraction of sp³-hybridized carbons (Fsp3) is 0.857. The van der Waals surface area contributed by atoms with Crippen molar-refractivity contribution in [3.8, 4) is 0 Å². The third-order valence-electron chi connectivity index (χ3n) is 6.45. The summed E-state index contributed by atoms with van der Waals surface area (Å²) in [6.45, 7) is 4.64. The summed E-state index contributed by atoms with van der Waals surface area (Å²) in [6, 6.07) is 0. The van der Waals surface area contributed by atoms with Crippen molar-refractivity contribution in [1.29, 1.82) is 0 Å². The van der Waals surface area contributed by atoms with Gasteiger partial charge >= 0.3 is 0 Å². The molecule has 1 aliphatic carbocycles. The Kier molecular flexibility index (Phi) is 6.96. The van der Waals surface area contributed by atoms with E-state index in [2.05, 4.69) is 10.1 Å². The number of ether oxygens (including phenoxy) is 2. The van der Waals surface area contributed by atoms with Crippen LogP contribution in [0.25, 0.3) is 0 Å². The van der Waals surface area contributed by atoms with E-state index >= 15 is 0 Å². The minimum absolute atomic E-state index is 0.178. The van der Waals surface area contributed by atoms with E-state index in [9.17, 15) is 4.79 Å². The van der Waals surface area contributed by atoms with Crippen LogP contribution in [0.4, 0.5) is 0 Å². The molecule has 2 aliphatic heterocycles. The van der Waals surface area contributed by atoms with Gasteiger partial charge in [-0.25, -0.2) is 0 Å². The lowest BCUT2D eigenvalue weighted by atomic mass is 9.88. The minimum atomic E-state index is 0.178. The summed E-state index contributed by atoms with van der Waals surface area (Å²) in [5.74, 6) is 2.75. The molecule has 156 valence electrons. The maximum absolute atomic E-state index is 12.7. The van der Waals surface area contributed by atoms with Crippen LogP contribution in [0.1, 0.15) is 69.0 Å². The number of nitrogens with zero attached hydrogens (tertiary/aromatic N) is 3. The van der Waals surface area contributed by atoms with Crippen LogP contribution < -0.4 is 0 Å². The summed E-state index contributed by atoms with van der Waals surface area (Å²) < 4.78 is 16.7. The maximum Gasteiger partial charge on any atom is 0.231 e. The average Bonchev–Trinajstić information content (AvgIpc) is 3.42. The van der Waals surface area contributed by atoms with E-state index in [4.69, 9.17) is 14.0 Å². The lowest BCUT2D eigenvalue weighted by Crippen LogP contribution is -2.35. The van der Waals surface area contributed by atoms with Gasteiger partial charge in [-0.05, 0) is 38.0 Å². The standard InChI is InChI=1S/C21H33N3O4/c25-21(17-4-2-1-3-5-17)24-10-6-18(14-24)20-22-19(23-28-20)9-13-27-15-16-7-11-26-12-8-16/h16-18H,1-15H2. The number of hydrogen-bond acceptors (Lipinski definition) is 6. The zero-order valence-corrected chi connectivity index (χ0v) is 16.8. The molecule has 3 fully saturated rings. The molecule has 0 aromatic carbocycles. The van der Waals surface area contributed by atoms with Gasteiger partial charge in [0.15, 0.2) is 5.82 Å². The number of amides is 1. The fourth-order valence-electron chi connectivity index (χ4n) is 4.63. The molecule has 3 heterocycles. The molecule has 4 rings (SSSR count). The maximum atomic E-state index is 12.7. The molecule has 0 N–H and O–H groups in total. The van der Waals surface area contributed by atoms with Gasteiger partial charge in [0.05, 0.1) is 12.5 Å². The fourth-order valence-corrected chi connectivity index (χ4v) is 4.63. The summed E-state index contributed by atoms with van der Waals surface area (Å²) in [4.78, 5) is 19.3. The van der Waals surface area contributed by atoms with E-state index in [0.717, 1.165) is 65.0 Å². The highest BCUT2D eigenvalue weighted by Gasteiger charge is 2.34. The van der Waals surface area contributed by atoms with Crippen molar-refractivity contribution < 1.29 is 18.8 Å². The number of likely N-dealkylation sites (tertiary alicyclic amines) is 1. The average molecular weight is 392 g/mol. The predicted molar refractivity (Wildman–Crippen MR) is 103 cm³/mol. The van der Waals surface area contributed by atoms with E-state index in [0.29, 0.717) is 36.6 Å². The highest BCUT2D eigenvalue weighted by Crippen LogP contribution is 2.31. The van der Waals surface area contributed by atoms with E-state index in [1.807, 2.05) is 4.90 Å². The van der Waals surface area contributed by atoms with Crippen LogP contribution in [0.5, 0.6) is 0 Å². The zero-order chi connectivity index (χ0) is 19.2. The minimum Gasteiger partial charge on any atom is -0.381 e. The highest BCUT2D eigenvalue weighted by atomic mass is 16.5. The van der Waals surface area contributed by atoms with Gasteiger partial charge in [0.2, 0.25) is 11.8 Å². The van der Waals surface area contributed by atoms with Crippen LogP contribution in [0.2, 0.25) is 0 Å². The Labute approximate surface area is 167 Å². The molecule has 1 aromatic heterocycles. The molecular weight excluding hydrogens is 358 g/mol. The second-order valence-electron chi connectivity index (χ2n) is 8.53. The Hall–Kier alpha value is -1.47. The molecule has 1 atom stereocenters. The van der Waals surface area contributed by atoms with Crippen LogP contribution in [-0.2, 0) is 20.7 Å². The highest BCUT2D eigenvalue weighted by molar-refractivity contribution is 5.79. The first kappa shape index (κ1) is 19.8. The van der Waals surface area contributed by atoms with Crippen molar-refractivity contribution in [2.45, 2.75) is 63.7 Å². The second-order valence-corrected chi connectivity index (χ2v) is 8.53. The summed E-state index contributed by atoms with van der Waals surface area (Å²) in [6.07, 6.45) is 9.53. The molecule has 7 nitrogen and oxygen atoms in total. The Balaban J connectivity index is 1.19. The predicted octanol–water partition coefficient (Wildman–Crippen LogP) is 2.95. The van der Waals surface area contributed by atoms with Crippen LogP contribution in [0.3, 0.4) is 0 Å². The molecule has 1 amide bonds. The summed E-state index contributed by atoms with van der Waals surface area (Å²) in [5.41, 5.74) is 0. The first-order valence-corrected chi connectivity index (χ1v) is 11.1. The van der Waals surface area contributed by atoms with Crippen molar-refractivity contribution >= 4 is 5.91 Å². The van der Waals surface area contributed by atoms with E-state index < -0.39 is 0 Å². The molecule has 0 radical (unpaired) electrons. The van der Waals surface area contributed by atoms with Crippen molar-refractivity contribution in [1.82, 2.24) is 15.0 Å².